The average molecular weight is 375 g/mol. The van der Waals surface area contributed by atoms with Crippen molar-refractivity contribution in [1.82, 2.24) is 0 Å². The fourth-order valence-corrected chi connectivity index (χ4v) is 5.99. The molecule has 1 saturated carbocycles. The Morgan fingerprint density at radius 2 is 1.54 bits per heavy atom. The van der Waals surface area contributed by atoms with E-state index in [-0.39, 0.29) is 5.41 Å². The Kier molecular flexibility index (Phi) is 4.76. The van der Waals surface area contributed by atoms with Crippen molar-refractivity contribution in [2.24, 2.45) is 46.3 Å². The SMILES string of the molecule is CC1C2CC(C(C)(C)C)C=C(c3ccccc3)C2C2C=CC(C(C)(C)C)=C[C@H]12. The molecule has 3 aliphatic carbocycles. The topological polar surface area (TPSA) is 0 Å². The monoisotopic (exact) mass is 374 g/mol. The van der Waals surface area contributed by atoms with E-state index in [1.54, 1.807) is 5.57 Å². The molecule has 0 heteroatoms. The Morgan fingerprint density at radius 1 is 0.857 bits per heavy atom. The van der Waals surface area contributed by atoms with Crippen molar-refractivity contribution in [3.8, 4) is 0 Å². The lowest BCUT2D eigenvalue weighted by Crippen LogP contribution is -2.31. The van der Waals surface area contributed by atoms with Crippen LogP contribution in [-0.2, 0) is 0 Å². The van der Waals surface area contributed by atoms with E-state index in [1.807, 2.05) is 0 Å². The molecule has 0 saturated heterocycles. The fraction of sp³-hybridized carbons (Fsp3) is 0.571. The summed E-state index contributed by atoms with van der Waals surface area (Å²) in [5, 5.41) is 0. The van der Waals surface area contributed by atoms with Crippen LogP contribution in [0.15, 0.2) is 60.2 Å². The van der Waals surface area contributed by atoms with Gasteiger partial charge in [-0.3, -0.25) is 0 Å². The smallest absolute Gasteiger partial charge is 0.00590 e. The van der Waals surface area contributed by atoms with Crippen LogP contribution in [-0.4, -0.2) is 0 Å². The van der Waals surface area contributed by atoms with Crippen molar-refractivity contribution in [3.05, 3.63) is 65.8 Å². The number of hydrogen-bond donors (Lipinski definition) is 0. The molecule has 0 aliphatic heterocycles. The second kappa shape index (κ2) is 6.75. The van der Waals surface area contributed by atoms with E-state index >= 15 is 0 Å². The van der Waals surface area contributed by atoms with Gasteiger partial charge in [0, 0.05) is 0 Å². The summed E-state index contributed by atoms with van der Waals surface area (Å²) in [5.74, 6) is 4.17. The van der Waals surface area contributed by atoms with Crippen LogP contribution < -0.4 is 0 Å². The van der Waals surface area contributed by atoms with Crippen molar-refractivity contribution in [2.75, 3.05) is 0 Å². The van der Waals surface area contributed by atoms with Crippen LogP contribution in [0.4, 0.5) is 0 Å². The van der Waals surface area contributed by atoms with Gasteiger partial charge in [-0.05, 0) is 69.5 Å². The van der Waals surface area contributed by atoms with Crippen molar-refractivity contribution in [2.45, 2.75) is 54.9 Å². The van der Waals surface area contributed by atoms with E-state index in [4.69, 9.17) is 0 Å². The van der Waals surface area contributed by atoms with Gasteiger partial charge in [0.2, 0.25) is 0 Å². The minimum absolute atomic E-state index is 0.237. The van der Waals surface area contributed by atoms with Crippen LogP contribution in [0.25, 0.3) is 5.57 Å². The molecular formula is C28H38. The van der Waals surface area contributed by atoms with E-state index in [0.717, 1.165) is 11.8 Å². The Bertz CT molecular complexity index is 806. The molecule has 0 spiro atoms. The zero-order chi connectivity index (χ0) is 20.3. The second-order valence-corrected chi connectivity index (χ2v) is 11.6. The van der Waals surface area contributed by atoms with E-state index < -0.39 is 0 Å². The highest BCUT2D eigenvalue weighted by atomic mass is 14.6. The Morgan fingerprint density at radius 3 is 2.14 bits per heavy atom. The van der Waals surface area contributed by atoms with Gasteiger partial charge >= 0.3 is 0 Å². The third-order valence-electron chi connectivity index (χ3n) is 7.82. The van der Waals surface area contributed by atoms with Crippen LogP contribution in [0, 0.1) is 46.3 Å². The Hall–Kier alpha value is -1.56. The van der Waals surface area contributed by atoms with Gasteiger partial charge in [-0.15, -0.1) is 0 Å². The maximum Gasteiger partial charge on any atom is -0.00590 e. The Balaban J connectivity index is 1.79. The summed E-state index contributed by atoms with van der Waals surface area (Å²) in [6, 6.07) is 11.2. The maximum atomic E-state index is 2.66. The zero-order valence-corrected chi connectivity index (χ0v) is 18.9. The molecule has 0 N–H and O–H groups in total. The molecule has 6 atom stereocenters. The first-order valence-corrected chi connectivity index (χ1v) is 11.2. The number of fused-ring (bicyclic) bond motifs is 3. The lowest BCUT2D eigenvalue weighted by molar-refractivity contribution is 0.193. The zero-order valence-electron chi connectivity index (χ0n) is 18.9. The second-order valence-electron chi connectivity index (χ2n) is 11.6. The molecule has 3 aliphatic rings. The summed E-state index contributed by atoms with van der Waals surface area (Å²) in [6.07, 6.45) is 11.6. The van der Waals surface area contributed by atoms with Gasteiger partial charge in [-0.2, -0.15) is 0 Å². The van der Waals surface area contributed by atoms with Gasteiger partial charge < -0.3 is 0 Å². The molecule has 0 aromatic heterocycles. The van der Waals surface area contributed by atoms with Gasteiger partial charge in [0.15, 0.2) is 0 Å². The molecule has 28 heavy (non-hydrogen) atoms. The minimum atomic E-state index is 0.237. The number of rotatable bonds is 1. The van der Waals surface area contributed by atoms with Crippen LogP contribution in [0.1, 0.15) is 60.5 Å². The normalized spacial score (nSPS) is 35.1. The molecule has 1 fully saturated rings. The molecule has 1 aromatic carbocycles. The summed E-state index contributed by atoms with van der Waals surface area (Å²) in [7, 11) is 0. The number of allylic oxidation sites excluding steroid dienone is 6. The number of benzene rings is 1. The van der Waals surface area contributed by atoms with Crippen molar-refractivity contribution < 1.29 is 0 Å². The van der Waals surface area contributed by atoms with Crippen molar-refractivity contribution in [3.63, 3.8) is 0 Å². The molecule has 0 heterocycles. The number of hydrogen-bond acceptors (Lipinski definition) is 0. The van der Waals surface area contributed by atoms with E-state index in [2.05, 4.69) is 103 Å². The van der Waals surface area contributed by atoms with Gasteiger partial charge in [-0.25, -0.2) is 0 Å². The molecule has 5 unspecified atom stereocenters. The standard InChI is InChI=1S/C28H38/c1-18-23-15-20(27(2,3)4)13-14-22(23)26-24(18)16-21(28(5,6)7)17-25(26)19-11-9-8-10-12-19/h8-15,17-18,21-24,26H,16H2,1-7H3/t18?,21?,22?,23-,24?,26?/m1/s1. The lowest BCUT2D eigenvalue weighted by Gasteiger charge is -2.41. The first-order valence-electron chi connectivity index (χ1n) is 11.2. The highest BCUT2D eigenvalue weighted by Gasteiger charge is 2.52. The summed E-state index contributed by atoms with van der Waals surface area (Å²) in [6.45, 7) is 16.8. The van der Waals surface area contributed by atoms with Crippen LogP contribution in [0.5, 0.6) is 0 Å². The predicted molar refractivity (Wildman–Crippen MR) is 122 cm³/mol. The van der Waals surface area contributed by atoms with Crippen molar-refractivity contribution >= 4 is 5.57 Å². The minimum Gasteiger partial charge on any atom is -0.0799 e. The lowest BCUT2D eigenvalue weighted by atomic mass is 9.64. The molecule has 0 amide bonds. The summed E-state index contributed by atoms with van der Waals surface area (Å²) < 4.78 is 0. The summed E-state index contributed by atoms with van der Waals surface area (Å²) in [4.78, 5) is 0. The van der Waals surface area contributed by atoms with Gasteiger partial charge in [0.05, 0.1) is 0 Å². The van der Waals surface area contributed by atoms with Gasteiger partial charge in [0.1, 0.15) is 0 Å². The average Bonchev–Trinajstić information content (AvgIpc) is 2.93. The molecule has 4 rings (SSSR count). The third kappa shape index (κ3) is 3.34. The van der Waals surface area contributed by atoms with Crippen molar-refractivity contribution in [1.29, 1.82) is 0 Å². The van der Waals surface area contributed by atoms with Gasteiger partial charge in [0.25, 0.3) is 0 Å². The van der Waals surface area contributed by atoms with E-state index in [9.17, 15) is 0 Å². The first-order chi connectivity index (χ1) is 13.1. The van der Waals surface area contributed by atoms with Crippen LogP contribution >= 0.6 is 0 Å². The van der Waals surface area contributed by atoms with Crippen LogP contribution in [0.3, 0.4) is 0 Å². The quantitative estimate of drug-likeness (QED) is 0.470. The predicted octanol–water partition coefficient (Wildman–Crippen LogP) is 7.79. The maximum absolute atomic E-state index is 2.66. The highest BCUT2D eigenvalue weighted by Crippen LogP contribution is 2.60. The third-order valence-corrected chi connectivity index (χ3v) is 7.82. The largest absolute Gasteiger partial charge is 0.0799 e. The highest BCUT2D eigenvalue weighted by molar-refractivity contribution is 5.70. The molecule has 0 nitrogen and oxygen atoms in total. The van der Waals surface area contributed by atoms with Crippen LogP contribution in [0.2, 0.25) is 0 Å². The molecule has 0 bridgehead atoms. The first kappa shape index (κ1) is 19.7. The molecule has 150 valence electrons. The van der Waals surface area contributed by atoms with Gasteiger partial charge in [-0.1, -0.05) is 103 Å². The summed E-state index contributed by atoms with van der Waals surface area (Å²) >= 11 is 0. The van der Waals surface area contributed by atoms with E-state index in [0.29, 0.717) is 29.1 Å². The summed E-state index contributed by atoms with van der Waals surface area (Å²) in [5.41, 5.74) is 5.14. The Labute approximate surface area is 172 Å². The molecule has 1 aromatic rings. The molecule has 0 radical (unpaired) electrons. The van der Waals surface area contributed by atoms with E-state index in [1.165, 1.54) is 17.6 Å². The molecular weight excluding hydrogens is 336 g/mol. The fourth-order valence-electron chi connectivity index (χ4n) is 5.99.